The third-order valence-corrected chi connectivity index (χ3v) is 2.99. The number of carbonyl (C=O) groups is 2. The molecule has 0 aromatic carbocycles. The molecule has 1 aromatic rings. The average molecular weight is 255 g/mol. The van der Waals surface area contributed by atoms with Gasteiger partial charge in [0.1, 0.15) is 9.88 Å². The van der Waals surface area contributed by atoms with Crippen LogP contribution in [0.3, 0.4) is 0 Å². The van der Waals surface area contributed by atoms with Gasteiger partial charge in [-0.25, -0.2) is 14.6 Å². The van der Waals surface area contributed by atoms with E-state index in [9.17, 15) is 9.59 Å². The van der Waals surface area contributed by atoms with E-state index in [0.717, 1.165) is 11.3 Å². The largest absolute Gasteiger partial charge is 0.477 e. The number of hydrogen-bond acceptors (Lipinski definition) is 4. The summed E-state index contributed by atoms with van der Waals surface area (Å²) in [5.41, 5.74) is 0.464. The summed E-state index contributed by atoms with van der Waals surface area (Å²) < 4.78 is 0. The van der Waals surface area contributed by atoms with Crippen molar-refractivity contribution < 1.29 is 14.7 Å². The lowest BCUT2D eigenvalue weighted by molar-refractivity contribution is 0.0701. The van der Waals surface area contributed by atoms with Crippen molar-refractivity contribution in [3.05, 3.63) is 28.2 Å². The molecule has 1 heterocycles. The van der Waals surface area contributed by atoms with Crippen molar-refractivity contribution in [3.63, 3.8) is 0 Å². The van der Waals surface area contributed by atoms with Gasteiger partial charge in [0.05, 0.1) is 12.2 Å². The van der Waals surface area contributed by atoms with Crippen molar-refractivity contribution in [2.45, 2.75) is 13.5 Å². The number of nitrogens with zero attached hydrogens (tertiary/aromatic N) is 1. The topological polar surface area (TPSA) is 91.3 Å². The molecular formula is C10H13N3O3S. The number of carboxylic acid groups (broad SMARTS) is 1. The predicted octanol–water partition coefficient (Wildman–Crippen LogP) is 1.13. The molecular weight excluding hydrogens is 242 g/mol. The van der Waals surface area contributed by atoms with E-state index in [1.165, 1.54) is 0 Å². The summed E-state index contributed by atoms with van der Waals surface area (Å²) in [6.45, 7) is 5.68. The van der Waals surface area contributed by atoms with E-state index in [0.29, 0.717) is 17.2 Å². The third kappa shape index (κ3) is 3.87. The van der Waals surface area contributed by atoms with Gasteiger partial charge in [0.25, 0.3) is 0 Å². The molecule has 1 aromatic heterocycles. The number of rotatable bonds is 5. The number of aromatic carboxylic acids is 1. The Morgan fingerprint density at radius 2 is 2.24 bits per heavy atom. The molecule has 0 unspecified atom stereocenters. The second-order valence-corrected chi connectivity index (χ2v) is 4.26. The molecule has 7 heteroatoms. The van der Waals surface area contributed by atoms with Crippen LogP contribution in [0.15, 0.2) is 12.7 Å². The normalized spacial score (nSPS) is 9.71. The van der Waals surface area contributed by atoms with Crippen molar-refractivity contribution in [2.24, 2.45) is 0 Å². The van der Waals surface area contributed by atoms with Crippen LogP contribution in [-0.2, 0) is 6.54 Å². The summed E-state index contributed by atoms with van der Waals surface area (Å²) in [6.07, 6.45) is 1.57. The zero-order valence-corrected chi connectivity index (χ0v) is 10.1. The number of carbonyl (C=O) groups excluding carboxylic acids is 1. The highest BCUT2D eigenvalue weighted by molar-refractivity contribution is 7.13. The molecule has 0 bridgehead atoms. The van der Waals surface area contributed by atoms with Crippen LogP contribution < -0.4 is 10.6 Å². The molecule has 0 saturated heterocycles. The van der Waals surface area contributed by atoms with Crippen LogP contribution in [0.5, 0.6) is 0 Å². The number of aryl methyl sites for hydroxylation is 1. The first-order chi connectivity index (χ1) is 8.04. The van der Waals surface area contributed by atoms with Gasteiger partial charge >= 0.3 is 12.0 Å². The fraction of sp³-hybridized carbons (Fsp3) is 0.300. The lowest BCUT2D eigenvalue weighted by atomic mass is 10.4. The van der Waals surface area contributed by atoms with E-state index in [2.05, 4.69) is 22.2 Å². The lowest BCUT2D eigenvalue weighted by Gasteiger charge is -2.02. The molecule has 0 aliphatic heterocycles. The van der Waals surface area contributed by atoms with Gasteiger partial charge in [-0.3, -0.25) is 0 Å². The second-order valence-electron chi connectivity index (χ2n) is 3.18. The number of nitrogens with one attached hydrogen (secondary N) is 2. The molecule has 0 spiro atoms. The molecule has 6 nitrogen and oxygen atoms in total. The summed E-state index contributed by atoms with van der Waals surface area (Å²) in [5, 5.41) is 14.5. The average Bonchev–Trinajstić information content (AvgIpc) is 2.65. The van der Waals surface area contributed by atoms with Crippen LogP contribution in [0.25, 0.3) is 0 Å². The number of thiazole rings is 1. The highest BCUT2D eigenvalue weighted by atomic mass is 32.1. The van der Waals surface area contributed by atoms with Crippen LogP contribution >= 0.6 is 11.3 Å². The lowest BCUT2D eigenvalue weighted by Crippen LogP contribution is -2.34. The summed E-state index contributed by atoms with van der Waals surface area (Å²) in [7, 11) is 0. The molecule has 0 atom stereocenters. The summed E-state index contributed by atoms with van der Waals surface area (Å²) in [6, 6.07) is -0.338. The van der Waals surface area contributed by atoms with Gasteiger partial charge in [-0.2, -0.15) is 0 Å². The Kier molecular flexibility index (Phi) is 4.65. The van der Waals surface area contributed by atoms with Crippen molar-refractivity contribution in [1.82, 2.24) is 15.6 Å². The van der Waals surface area contributed by atoms with E-state index < -0.39 is 5.97 Å². The van der Waals surface area contributed by atoms with Gasteiger partial charge < -0.3 is 15.7 Å². The highest BCUT2D eigenvalue weighted by Crippen LogP contribution is 2.17. The van der Waals surface area contributed by atoms with E-state index in [4.69, 9.17) is 5.11 Å². The molecule has 0 aliphatic rings. The quantitative estimate of drug-likeness (QED) is 0.688. The second kappa shape index (κ2) is 6.00. The minimum atomic E-state index is -0.998. The molecule has 0 aliphatic carbocycles. The van der Waals surface area contributed by atoms with Gasteiger partial charge in [0.2, 0.25) is 0 Å². The number of hydrogen-bond donors (Lipinski definition) is 3. The maximum Gasteiger partial charge on any atom is 0.347 e. The van der Waals surface area contributed by atoms with Crippen LogP contribution in [0, 0.1) is 6.92 Å². The summed E-state index contributed by atoms with van der Waals surface area (Å²) in [5.74, 6) is -0.998. The number of amides is 2. The predicted molar refractivity (Wildman–Crippen MR) is 64.2 cm³/mol. The highest BCUT2D eigenvalue weighted by Gasteiger charge is 2.13. The molecule has 0 radical (unpaired) electrons. The Balaban J connectivity index is 2.52. The SMILES string of the molecule is C=CCNC(=O)NCc1nc(C)c(C(=O)O)s1. The van der Waals surface area contributed by atoms with Crippen LogP contribution in [0.4, 0.5) is 4.79 Å². The minimum absolute atomic E-state index is 0.202. The summed E-state index contributed by atoms with van der Waals surface area (Å²) >= 11 is 1.06. The Hall–Kier alpha value is -1.89. The number of aromatic nitrogens is 1. The fourth-order valence-electron chi connectivity index (χ4n) is 1.11. The van der Waals surface area contributed by atoms with Crippen molar-refractivity contribution >= 4 is 23.3 Å². The minimum Gasteiger partial charge on any atom is -0.477 e. The van der Waals surface area contributed by atoms with Crippen LogP contribution in [0.2, 0.25) is 0 Å². The van der Waals surface area contributed by atoms with E-state index >= 15 is 0 Å². The van der Waals surface area contributed by atoms with E-state index in [1.807, 2.05) is 0 Å². The molecule has 0 fully saturated rings. The molecule has 17 heavy (non-hydrogen) atoms. The first kappa shape index (κ1) is 13.2. The Morgan fingerprint density at radius 1 is 1.53 bits per heavy atom. The Morgan fingerprint density at radius 3 is 2.76 bits per heavy atom. The molecule has 1 rings (SSSR count). The molecule has 2 amide bonds. The maximum atomic E-state index is 11.2. The number of urea groups is 1. The van der Waals surface area contributed by atoms with Crippen molar-refractivity contribution in [2.75, 3.05) is 6.54 Å². The van der Waals surface area contributed by atoms with Crippen molar-refractivity contribution in [1.29, 1.82) is 0 Å². The van der Waals surface area contributed by atoms with Crippen molar-refractivity contribution in [3.8, 4) is 0 Å². The maximum absolute atomic E-state index is 11.2. The molecule has 0 saturated carbocycles. The van der Waals surface area contributed by atoms with E-state index in [-0.39, 0.29) is 17.5 Å². The zero-order chi connectivity index (χ0) is 12.8. The Bertz CT molecular complexity index is 442. The zero-order valence-electron chi connectivity index (χ0n) is 9.32. The fourth-order valence-corrected chi connectivity index (χ4v) is 1.95. The van der Waals surface area contributed by atoms with Crippen LogP contribution in [0.1, 0.15) is 20.4 Å². The number of carboxylic acids is 1. The third-order valence-electron chi connectivity index (χ3n) is 1.84. The van der Waals surface area contributed by atoms with Crippen LogP contribution in [-0.4, -0.2) is 28.6 Å². The summed E-state index contributed by atoms with van der Waals surface area (Å²) in [4.78, 5) is 26.2. The van der Waals surface area contributed by atoms with Gasteiger partial charge in [-0.15, -0.1) is 17.9 Å². The Labute approximate surface area is 102 Å². The first-order valence-electron chi connectivity index (χ1n) is 4.86. The van der Waals surface area contributed by atoms with Gasteiger partial charge in [0, 0.05) is 6.54 Å². The van der Waals surface area contributed by atoms with Gasteiger partial charge in [-0.05, 0) is 6.92 Å². The van der Waals surface area contributed by atoms with Gasteiger partial charge in [-0.1, -0.05) is 6.08 Å². The molecule has 3 N–H and O–H groups in total. The van der Waals surface area contributed by atoms with E-state index in [1.54, 1.807) is 13.0 Å². The monoisotopic (exact) mass is 255 g/mol. The smallest absolute Gasteiger partial charge is 0.347 e. The first-order valence-corrected chi connectivity index (χ1v) is 5.68. The molecule has 92 valence electrons. The van der Waals surface area contributed by atoms with Gasteiger partial charge in [0.15, 0.2) is 0 Å². The standard InChI is InChI=1S/C10H13N3O3S/c1-3-4-11-10(16)12-5-7-13-6(2)8(17-7)9(14)15/h3H,1,4-5H2,2H3,(H,14,15)(H2,11,12,16).